The number of aromatic amines is 2. The Morgan fingerprint density at radius 2 is 0.969 bits per heavy atom. The van der Waals surface area contributed by atoms with E-state index in [1.54, 1.807) is 0 Å². The maximum Gasteiger partial charge on any atom is 0.0815 e. The van der Waals surface area contributed by atoms with Gasteiger partial charge in [-0.15, -0.1) is 11.8 Å². The third-order valence-corrected chi connectivity index (χ3v) is 5.78. The molecule has 0 spiro atoms. The molecule has 0 aliphatic carbocycles. The molecule has 3 aromatic heterocycles. The predicted molar refractivity (Wildman–Crippen MR) is 133 cm³/mol. The number of hydrogen-bond donors (Lipinski definition) is 2. The molecule has 32 heavy (non-hydrogen) atoms. The summed E-state index contributed by atoms with van der Waals surface area (Å²) in [5.41, 5.74) is 11.4. The van der Waals surface area contributed by atoms with Gasteiger partial charge in [-0.2, -0.15) is 0 Å². The maximum absolute atomic E-state index is 4.89. The van der Waals surface area contributed by atoms with Crippen molar-refractivity contribution < 1.29 is 0 Å². The molecule has 2 aliphatic rings. The summed E-state index contributed by atoms with van der Waals surface area (Å²) in [7, 11) is 0. The molecule has 5 rings (SSSR count). The molecule has 0 fully saturated rings. The highest BCUT2D eigenvalue weighted by atomic mass is 14.8. The van der Waals surface area contributed by atoms with Gasteiger partial charge >= 0.3 is 0 Å². The predicted octanol–water partition coefficient (Wildman–Crippen LogP) is 6.02. The van der Waals surface area contributed by atoms with Crippen LogP contribution in [0.4, 0.5) is 0 Å². The summed E-state index contributed by atoms with van der Waals surface area (Å²) in [6.45, 7) is 7.84. The molecule has 0 amide bonds. The molecule has 8 bridgehead atoms. The first-order valence-corrected chi connectivity index (χ1v) is 10.5. The molecule has 0 radical (unpaired) electrons. The molecule has 5 heterocycles. The highest BCUT2D eigenvalue weighted by Crippen LogP contribution is 2.26. The number of rotatable bonds is 0. The molecule has 0 saturated carbocycles. The molecule has 0 atom stereocenters. The second-order valence-electron chi connectivity index (χ2n) is 7.75. The summed E-state index contributed by atoms with van der Waals surface area (Å²) in [5.74, 6) is 12.5. The minimum absolute atomic E-state index is 0.852. The standard InChI is InChI=1S/C28H22N4/c1-5-7-19-25-13-9-21(29-25)17(3)23-11-15-27(31-23)20(8-6-2)28-16-12-24(32-28)18(4)22-10-14-26(19)30-22/h9-16,29,31H,1-4H3. The van der Waals surface area contributed by atoms with Crippen molar-refractivity contribution in [1.82, 2.24) is 19.9 Å². The van der Waals surface area contributed by atoms with Gasteiger partial charge in [0.15, 0.2) is 0 Å². The summed E-state index contributed by atoms with van der Waals surface area (Å²) in [5, 5.41) is 0. The number of nitrogens with one attached hydrogen (secondary N) is 2. The Morgan fingerprint density at radius 1 is 0.562 bits per heavy atom. The summed E-state index contributed by atoms with van der Waals surface area (Å²) in [6.07, 6.45) is 8.11. The molecular weight excluding hydrogens is 392 g/mol. The van der Waals surface area contributed by atoms with Crippen molar-refractivity contribution in [3.63, 3.8) is 0 Å². The second kappa shape index (κ2) is 7.76. The van der Waals surface area contributed by atoms with Crippen molar-refractivity contribution in [2.75, 3.05) is 0 Å². The van der Waals surface area contributed by atoms with Crippen LogP contribution < -0.4 is 0 Å². The van der Waals surface area contributed by atoms with Gasteiger partial charge in [0.05, 0.1) is 44.9 Å². The van der Waals surface area contributed by atoms with Gasteiger partial charge in [-0.05, 0) is 81.8 Å². The van der Waals surface area contributed by atoms with Gasteiger partial charge in [-0.25, -0.2) is 9.97 Å². The van der Waals surface area contributed by atoms with Crippen LogP contribution in [-0.2, 0) is 0 Å². The first-order chi connectivity index (χ1) is 15.6. The lowest BCUT2D eigenvalue weighted by molar-refractivity contribution is 1.21. The highest BCUT2D eigenvalue weighted by molar-refractivity contribution is 5.85. The lowest BCUT2D eigenvalue weighted by Crippen LogP contribution is -1.89. The number of H-pyrrole nitrogens is 2. The largest absolute Gasteiger partial charge is 0.354 e. The van der Waals surface area contributed by atoms with Gasteiger partial charge in [-0.3, -0.25) is 0 Å². The Kier molecular flexibility index (Phi) is 4.77. The van der Waals surface area contributed by atoms with Crippen LogP contribution >= 0.6 is 0 Å². The van der Waals surface area contributed by atoms with E-state index >= 15 is 0 Å². The van der Waals surface area contributed by atoms with E-state index in [1.165, 1.54) is 0 Å². The monoisotopic (exact) mass is 414 g/mol. The fourth-order valence-electron chi connectivity index (χ4n) is 4.00. The van der Waals surface area contributed by atoms with E-state index in [-0.39, 0.29) is 0 Å². The third kappa shape index (κ3) is 3.23. The number of nitrogens with zero attached hydrogens (tertiary/aromatic N) is 2. The highest BCUT2D eigenvalue weighted by Gasteiger charge is 2.13. The average Bonchev–Trinajstić information content (AvgIpc) is 3.61. The SMILES string of the molecule is CC#Cc1c2nc(c(C)c3nc(c(C#CC)c4ccc([nH]4)c(C)c4ccc1[nH]4)C=C3)C=C2. The van der Waals surface area contributed by atoms with E-state index in [0.717, 1.165) is 67.1 Å². The van der Waals surface area contributed by atoms with Gasteiger partial charge in [0, 0.05) is 16.6 Å². The van der Waals surface area contributed by atoms with E-state index in [0.29, 0.717) is 0 Å². The van der Waals surface area contributed by atoms with Gasteiger partial charge < -0.3 is 9.97 Å². The first kappa shape index (κ1) is 19.7. The Morgan fingerprint density at radius 3 is 1.41 bits per heavy atom. The summed E-state index contributed by atoms with van der Waals surface area (Å²) < 4.78 is 0. The Bertz CT molecular complexity index is 1500. The normalized spacial score (nSPS) is 11.6. The Balaban J connectivity index is 2.00. The van der Waals surface area contributed by atoms with Crippen LogP contribution in [0.25, 0.3) is 46.4 Å². The number of aromatic nitrogens is 4. The average molecular weight is 415 g/mol. The van der Waals surface area contributed by atoms with Crippen LogP contribution in [-0.4, -0.2) is 19.9 Å². The zero-order valence-corrected chi connectivity index (χ0v) is 18.5. The van der Waals surface area contributed by atoms with Crippen LogP contribution in [0, 0.1) is 37.5 Å². The minimum Gasteiger partial charge on any atom is -0.354 e. The van der Waals surface area contributed by atoms with E-state index in [9.17, 15) is 0 Å². The smallest absolute Gasteiger partial charge is 0.0815 e. The zero-order chi connectivity index (χ0) is 22.2. The van der Waals surface area contributed by atoms with Gasteiger partial charge in [0.25, 0.3) is 0 Å². The fraction of sp³-hybridized carbons (Fsp3) is 0.143. The molecular formula is C28H22N4. The molecule has 154 valence electrons. The summed E-state index contributed by atoms with van der Waals surface area (Å²) in [4.78, 5) is 16.8. The van der Waals surface area contributed by atoms with E-state index < -0.39 is 0 Å². The summed E-state index contributed by atoms with van der Waals surface area (Å²) >= 11 is 0. The molecule has 2 N–H and O–H groups in total. The molecule has 3 aromatic rings. The van der Waals surface area contributed by atoms with Crippen LogP contribution in [0.1, 0.15) is 58.9 Å². The Hall–Kier alpha value is -4.28. The molecule has 2 aliphatic heterocycles. The van der Waals surface area contributed by atoms with Gasteiger partial charge in [0.1, 0.15) is 0 Å². The number of fused-ring (bicyclic) bond motifs is 8. The van der Waals surface area contributed by atoms with Crippen molar-refractivity contribution in [3.8, 4) is 23.7 Å². The van der Waals surface area contributed by atoms with Crippen molar-refractivity contribution in [3.05, 3.63) is 69.3 Å². The lowest BCUT2D eigenvalue weighted by Gasteiger charge is -1.97. The van der Waals surface area contributed by atoms with E-state index in [1.807, 2.05) is 38.2 Å². The number of aryl methyl sites for hydroxylation is 1. The van der Waals surface area contributed by atoms with Gasteiger partial charge in [0.2, 0.25) is 0 Å². The van der Waals surface area contributed by atoms with E-state index in [2.05, 4.69) is 71.8 Å². The molecule has 0 aromatic carbocycles. The van der Waals surface area contributed by atoms with Gasteiger partial charge in [-0.1, -0.05) is 11.8 Å². The maximum atomic E-state index is 4.89. The van der Waals surface area contributed by atoms with Crippen molar-refractivity contribution in [2.45, 2.75) is 27.7 Å². The van der Waals surface area contributed by atoms with Crippen molar-refractivity contribution in [1.29, 1.82) is 0 Å². The van der Waals surface area contributed by atoms with E-state index in [4.69, 9.17) is 9.97 Å². The summed E-state index contributed by atoms with van der Waals surface area (Å²) in [6, 6.07) is 8.30. The van der Waals surface area contributed by atoms with Crippen molar-refractivity contribution in [2.24, 2.45) is 0 Å². The third-order valence-electron chi connectivity index (χ3n) is 5.78. The van der Waals surface area contributed by atoms with Crippen LogP contribution in [0.15, 0.2) is 24.3 Å². The lowest BCUT2D eigenvalue weighted by atomic mass is 10.2. The quantitative estimate of drug-likeness (QED) is 0.305. The second-order valence-corrected chi connectivity index (χ2v) is 7.75. The van der Waals surface area contributed by atoms with Crippen LogP contribution in [0.5, 0.6) is 0 Å². The first-order valence-electron chi connectivity index (χ1n) is 10.5. The molecule has 4 nitrogen and oxygen atoms in total. The molecule has 0 unspecified atom stereocenters. The van der Waals surface area contributed by atoms with Crippen LogP contribution in [0.2, 0.25) is 0 Å². The number of hydrogen-bond acceptors (Lipinski definition) is 2. The van der Waals surface area contributed by atoms with Crippen molar-refractivity contribution >= 4 is 46.4 Å². The Labute approximate surface area is 187 Å². The molecule has 4 heteroatoms. The topological polar surface area (TPSA) is 57.4 Å². The molecule has 0 saturated heterocycles. The fourth-order valence-corrected chi connectivity index (χ4v) is 4.00. The van der Waals surface area contributed by atoms with Crippen LogP contribution in [0.3, 0.4) is 0 Å². The minimum atomic E-state index is 0.852. The zero-order valence-electron chi connectivity index (χ0n) is 18.5.